The highest BCUT2D eigenvalue weighted by Crippen LogP contribution is 2.28. The smallest absolute Gasteiger partial charge is 0.0748 e. The van der Waals surface area contributed by atoms with Gasteiger partial charge in [0.2, 0.25) is 0 Å². The van der Waals surface area contributed by atoms with Gasteiger partial charge in [0.05, 0.1) is 12.6 Å². The Hall–Kier alpha value is -1.32. The molecular formula is C16H18BrNO. The Bertz CT molecular complexity index is 568. The van der Waals surface area contributed by atoms with Gasteiger partial charge in [0.15, 0.2) is 0 Å². The fourth-order valence-corrected chi connectivity index (χ4v) is 2.54. The Labute approximate surface area is 122 Å². The number of aliphatic hydroxyl groups excluding tert-OH is 1. The molecule has 2 aromatic rings. The molecule has 0 saturated carbocycles. The van der Waals surface area contributed by atoms with E-state index >= 15 is 0 Å². The number of benzene rings is 2. The zero-order valence-corrected chi connectivity index (χ0v) is 12.7. The number of halogens is 1. The van der Waals surface area contributed by atoms with Gasteiger partial charge in [-0.3, -0.25) is 0 Å². The lowest BCUT2D eigenvalue weighted by atomic mass is 9.97. The van der Waals surface area contributed by atoms with Gasteiger partial charge < -0.3 is 10.4 Å². The van der Waals surface area contributed by atoms with Crippen molar-refractivity contribution in [3.05, 3.63) is 63.6 Å². The summed E-state index contributed by atoms with van der Waals surface area (Å²) in [5.41, 5.74) is 4.59. The van der Waals surface area contributed by atoms with E-state index in [0.29, 0.717) is 0 Å². The number of aliphatic hydroxyl groups is 1. The number of nitrogens with one attached hydrogen (secondary N) is 1. The van der Waals surface area contributed by atoms with Crippen molar-refractivity contribution >= 4 is 21.6 Å². The molecule has 0 aliphatic carbocycles. The highest BCUT2D eigenvalue weighted by molar-refractivity contribution is 9.10. The third kappa shape index (κ3) is 3.17. The minimum atomic E-state index is -0.0985. The van der Waals surface area contributed by atoms with E-state index in [9.17, 15) is 5.11 Å². The van der Waals surface area contributed by atoms with Gasteiger partial charge in [-0.25, -0.2) is 0 Å². The number of aryl methyl sites for hydroxylation is 1. The highest BCUT2D eigenvalue weighted by Gasteiger charge is 2.14. The van der Waals surface area contributed by atoms with Crippen LogP contribution in [-0.2, 0) is 0 Å². The second-order valence-electron chi connectivity index (χ2n) is 4.65. The minimum absolute atomic E-state index is 0.0611. The van der Waals surface area contributed by atoms with Crippen LogP contribution in [0.4, 0.5) is 5.69 Å². The van der Waals surface area contributed by atoms with Crippen LogP contribution in [0.3, 0.4) is 0 Å². The van der Waals surface area contributed by atoms with Crippen molar-refractivity contribution < 1.29 is 5.11 Å². The van der Waals surface area contributed by atoms with Crippen LogP contribution < -0.4 is 5.32 Å². The first kappa shape index (κ1) is 14.1. The maximum atomic E-state index is 9.67. The first-order valence-electron chi connectivity index (χ1n) is 6.31. The van der Waals surface area contributed by atoms with Crippen molar-refractivity contribution in [1.29, 1.82) is 0 Å². The van der Waals surface area contributed by atoms with E-state index in [1.807, 2.05) is 30.3 Å². The van der Waals surface area contributed by atoms with Gasteiger partial charge in [-0.1, -0.05) is 30.3 Å². The fraction of sp³-hybridized carbons (Fsp3) is 0.250. The maximum Gasteiger partial charge on any atom is 0.0748 e. The summed E-state index contributed by atoms with van der Waals surface area (Å²) >= 11 is 3.52. The minimum Gasteiger partial charge on any atom is -0.394 e. The van der Waals surface area contributed by atoms with Crippen molar-refractivity contribution in [3.8, 4) is 0 Å². The van der Waals surface area contributed by atoms with E-state index < -0.39 is 0 Å². The average molecular weight is 320 g/mol. The molecular weight excluding hydrogens is 302 g/mol. The molecule has 1 atom stereocenters. The molecule has 0 aliphatic rings. The van der Waals surface area contributed by atoms with Crippen LogP contribution in [0, 0.1) is 13.8 Å². The van der Waals surface area contributed by atoms with Gasteiger partial charge >= 0.3 is 0 Å². The quantitative estimate of drug-likeness (QED) is 0.884. The topological polar surface area (TPSA) is 32.3 Å². The second-order valence-corrected chi connectivity index (χ2v) is 5.50. The van der Waals surface area contributed by atoms with Crippen LogP contribution in [-0.4, -0.2) is 11.7 Å². The van der Waals surface area contributed by atoms with Gasteiger partial charge in [0.1, 0.15) is 0 Å². The van der Waals surface area contributed by atoms with E-state index in [4.69, 9.17) is 0 Å². The summed E-state index contributed by atoms with van der Waals surface area (Å²) < 4.78 is 0.999. The van der Waals surface area contributed by atoms with Crippen LogP contribution in [0.5, 0.6) is 0 Å². The summed E-state index contributed by atoms with van der Waals surface area (Å²) in [6, 6.07) is 14.0. The van der Waals surface area contributed by atoms with E-state index in [-0.39, 0.29) is 12.6 Å². The number of hydrogen-bond donors (Lipinski definition) is 2. The van der Waals surface area contributed by atoms with Gasteiger partial charge in [0, 0.05) is 10.2 Å². The summed E-state index contributed by atoms with van der Waals surface area (Å²) in [5.74, 6) is 0. The molecule has 0 amide bonds. The summed E-state index contributed by atoms with van der Waals surface area (Å²) in [7, 11) is 0. The zero-order valence-electron chi connectivity index (χ0n) is 11.2. The molecule has 2 N–H and O–H groups in total. The number of para-hydroxylation sites is 1. The molecule has 0 bridgehead atoms. The summed E-state index contributed by atoms with van der Waals surface area (Å²) in [4.78, 5) is 0. The normalized spacial score (nSPS) is 12.2. The lowest BCUT2D eigenvalue weighted by molar-refractivity contribution is 0.276. The van der Waals surface area contributed by atoms with E-state index in [1.165, 1.54) is 11.1 Å². The highest BCUT2D eigenvalue weighted by atomic mass is 79.9. The molecule has 0 saturated heterocycles. The molecule has 3 heteroatoms. The van der Waals surface area contributed by atoms with Crippen molar-refractivity contribution in [2.24, 2.45) is 0 Å². The van der Waals surface area contributed by atoms with Gasteiger partial charge in [-0.2, -0.15) is 0 Å². The second kappa shape index (κ2) is 6.22. The Morgan fingerprint density at radius 3 is 2.53 bits per heavy atom. The SMILES string of the molecule is Cc1cccc(C(CO)Nc2ccccc2Br)c1C. The molecule has 0 spiro atoms. The molecule has 19 heavy (non-hydrogen) atoms. The third-order valence-electron chi connectivity index (χ3n) is 3.41. The Kier molecular flexibility index (Phi) is 4.61. The molecule has 1 unspecified atom stereocenters. The van der Waals surface area contributed by atoms with E-state index in [0.717, 1.165) is 15.7 Å². The lowest BCUT2D eigenvalue weighted by Crippen LogP contribution is -2.16. The molecule has 2 rings (SSSR count). The van der Waals surface area contributed by atoms with Crippen molar-refractivity contribution in [2.75, 3.05) is 11.9 Å². The lowest BCUT2D eigenvalue weighted by Gasteiger charge is -2.21. The molecule has 2 nitrogen and oxygen atoms in total. The van der Waals surface area contributed by atoms with Crippen LogP contribution in [0.25, 0.3) is 0 Å². The van der Waals surface area contributed by atoms with E-state index in [2.05, 4.69) is 47.2 Å². The molecule has 0 fully saturated rings. The Balaban J connectivity index is 2.31. The van der Waals surface area contributed by atoms with Crippen molar-refractivity contribution in [1.82, 2.24) is 0 Å². The maximum absolute atomic E-state index is 9.67. The standard InChI is InChI=1S/C16H18BrNO/c1-11-6-5-7-13(12(11)2)16(10-19)18-15-9-4-3-8-14(15)17/h3-9,16,18-19H,10H2,1-2H3. The predicted molar refractivity (Wildman–Crippen MR) is 83.5 cm³/mol. The predicted octanol–water partition coefficient (Wildman–Crippen LogP) is 4.21. The van der Waals surface area contributed by atoms with Gasteiger partial charge in [-0.05, 0) is 58.6 Å². The molecule has 0 radical (unpaired) electrons. The monoisotopic (exact) mass is 319 g/mol. The van der Waals surface area contributed by atoms with Gasteiger partial charge in [-0.15, -0.1) is 0 Å². The molecule has 0 aliphatic heterocycles. The summed E-state index contributed by atoms with van der Waals surface area (Å²) in [6.45, 7) is 4.24. The summed E-state index contributed by atoms with van der Waals surface area (Å²) in [6.07, 6.45) is 0. The number of anilines is 1. The zero-order chi connectivity index (χ0) is 13.8. The van der Waals surface area contributed by atoms with Crippen molar-refractivity contribution in [2.45, 2.75) is 19.9 Å². The van der Waals surface area contributed by atoms with E-state index in [1.54, 1.807) is 0 Å². The molecule has 0 heterocycles. The summed E-state index contributed by atoms with van der Waals surface area (Å²) in [5, 5.41) is 13.1. The molecule has 100 valence electrons. The van der Waals surface area contributed by atoms with Crippen LogP contribution in [0.2, 0.25) is 0 Å². The van der Waals surface area contributed by atoms with Crippen LogP contribution >= 0.6 is 15.9 Å². The molecule has 0 aromatic heterocycles. The van der Waals surface area contributed by atoms with Crippen LogP contribution in [0.1, 0.15) is 22.7 Å². The fourth-order valence-electron chi connectivity index (χ4n) is 2.14. The molecule has 2 aromatic carbocycles. The number of hydrogen-bond acceptors (Lipinski definition) is 2. The Morgan fingerprint density at radius 2 is 1.84 bits per heavy atom. The average Bonchev–Trinajstić information content (AvgIpc) is 2.41. The largest absolute Gasteiger partial charge is 0.394 e. The third-order valence-corrected chi connectivity index (χ3v) is 4.10. The Morgan fingerprint density at radius 1 is 1.11 bits per heavy atom. The van der Waals surface area contributed by atoms with Gasteiger partial charge in [0.25, 0.3) is 0 Å². The first-order valence-corrected chi connectivity index (χ1v) is 7.11. The van der Waals surface area contributed by atoms with Crippen molar-refractivity contribution in [3.63, 3.8) is 0 Å². The number of rotatable bonds is 4. The van der Waals surface area contributed by atoms with Crippen LogP contribution in [0.15, 0.2) is 46.9 Å². The first-order chi connectivity index (χ1) is 9.13.